The number of likely N-dealkylation sites (tertiary alicyclic amines) is 1. The average Bonchev–Trinajstić information content (AvgIpc) is 2.96. The molecule has 1 amide bonds. The van der Waals surface area contributed by atoms with E-state index in [1.807, 2.05) is 7.05 Å². The summed E-state index contributed by atoms with van der Waals surface area (Å²) in [5.41, 5.74) is 0. The number of carbonyl (C=O) groups is 1. The molecule has 1 unspecified atom stereocenters. The minimum atomic E-state index is 0.130. The summed E-state index contributed by atoms with van der Waals surface area (Å²) in [5, 5.41) is 6.71. The molecule has 124 valence electrons. The van der Waals surface area contributed by atoms with Crippen molar-refractivity contribution in [2.45, 2.75) is 57.0 Å². The van der Waals surface area contributed by atoms with Crippen molar-refractivity contribution in [1.29, 1.82) is 0 Å². The van der Waals surface area contributed by atoms with Crippen molar-refractivity contribution in [3.8, 4) is 0 Å². The molecule has 0 aromatic carbocycles. The highest BCUT2D eigenvalue weighted by Crippen LogP contribution is 2.53. The van der Waals surface area contributed by atoms with Gasteiger partial charge < -0.3 is 10.6 Å². The number of amides is 1. The van der Waals surface area contributed by atoms with E-state index in [0.29, 0.717) is 11.9 Å². The van der Waals surface area contributed by atoms with Crippen LogP contribution in [0, 0.1) is 23.7 Å². The van der Waals surface area contributed by atoms with Crippen LogP contribution in [0.15, 0.2) is 0 Å². The Labute approximate surface area is 134 Å². The van der Waals surface area contributed by atoms with Gasteiger partial charge in [-0.25, -0.2) is 0 Å². The number of hydrogen-bond donors (Lipinski definition) is 2. The van der Waals surface area contributed by atoms with E-state index in [0.717, 1.165) is 49.7 Å². The molecular weight excluding hydrogens is 274 g/mol. The molecule has 4 nitrogen and oxygen atoms in total. The molecular formula is C18H31N3O. The summed E-state index contributed by atoms with van der Waals surface area (Å²) >= 11 is 0. The molecule has 4 saturated carbocycles. The van der Waals surface area contributed by atoms with Gasteiger partial charge in [-0.05, 0) is 82.2 Å². The molecule has 0 aromatic rings. The molecule has 0 radical (unpaired) electrons. The predicted octanol–water partition coefficient (Wildman–Crippen LogP) is 1.61. The van der Waals surface area contributed by atoms with Crippen LogP contribution < -0.4 is 10.6 Å². The van der Waals surface area contributed by atoms with Gasteiger partial charge in [0.25, 0.3) is 0 Å². The highest BCUT2D eigenvalue weighted by Gasteiger charge is 2.49. The third kappa shape index (κ3) is 2.69. The van der Waals surface area contributed by atoms with Crippen molar-refractivity contribution in [1.82, 2.24) is 15.5 Å². The summed E-state index contributed by atoms with van der Waals surface area (Å²) in [7, 11) is 1.99. The normalized spacial score (nSPS) is 43.7. The van der Waals surface area contributed by atoms with E-state index in [1.54, 1.807) is 0 Å². The standard InChI is InChI=1S/C18H31N3O/c1-19-4-6-21-5-2-3-16(21)18(22)20-17-14-8-12-7-13(10-14)11-15(17)9-12/h12-17,19H,2-11H2,1H3,(H,20,22). The number of nitrogens with one attached hydrogen (secondary N) is 2. The molecule has 2 N–H and O–H groups in total. The van der Waals surface area contributed by atoms with Gasteiger partial charge in [-0.15, -0.1) is 0 Å². The van der Waals surface area contributed by atoms with E-state index in [2.05, 4.69) is 15.5 Å². The van der Waals surface area contributed by atoms with Crippen LogP contribution in [0.25, 0.3) is 0 Å². The molecule has 22 heavy (non-hydrogen) atoms. The smallest absolute Gasteiger partial charge is 0.237 e. The Bertz CT molecular complexity index is 397. The molecule has 4 heteroatoms. The van der Waals surface area contributed by atoms with Crippen molar-refractivity contribution in [2.75, 3.05) is 26.7 Å². The van der Waals surface area contributed by atoms with Gasteiger partial charge in [0.1, 0.15) is 0 Å². The van der Waals surface area contributed by atoms with Crippen LogP contribution in [0.1, 0.15) is 44.9 Å². The molecule has 4 aliphatic carbocycles. The Morgan fingerprint density at radius 2 is 1.77 bits per heavy atom. The zero-order valence-corrected chi connectivity index (χ0v) is 13.9. The Hall–Kier alpha value is -0.610. The Morgan fingerprint density at radius 3 is 2.41 bits per heavy atom. The molecule has 1 atom stereocenters. The summed E-state index contributed by atoms with van der Waals surface area (Å²) in [5.74, 6) is 3.86. The van der Waals surface area contributed by atoms with Gasteiger partial charge >= 0.3 is 0 Å². The van der Waals surface area contributed by atoms with Crippen LogP contribution in [-0.2, 0) is 4.79 Å². The lowest BCUT2D eigenvalue weighted by molar-refractivity contribution is -0.129. The highest BCUT2D eigenvalue weighted by atomic mass is 16.2. The maximum absolute atomic E-state index is 12.8. The van der Waals surface area contributed by atoms with Crippen LogP contribution >= 0.6 is 0 Å². The number of hydrogen-bond acceptors (Lipinski definition) is 3. The summed E-state index contributed by atoms with van der Waals surface area (Å²) < 4.78 is 0. The van der Waals surface area contributed by atoms with Gasteiger partial charge in [-0.2, -0.15) is 0 Å². The third-order valence-electron chi connectivity index (χ3n) is 6.85. The van der Waals surface area contributed by atoms with Crippen molar-refractivity contribution >= 4 is 5.91 Å². The highest BCUT2D eigenvalue weighted by molar-refractivity contribution is 5.82. The molecule has 0 spiro atoms. The van der Waals surface area contributed by atoms with Crippen molar-refractivity contribution in [3.05, 3.63) is 0 Å². The SMILES string of the molecule is CNCCN1CCCC1C(=O)NC1C2CC3CC(C2)CC1C3. The van der Waals surface area contributed by atoms with Gasteiger partial charge in [-0.1, -0.05) is 0 Å². The Morgan fingerprint density at radius 1 is 1.09 bits per heavy atom. The molecule has 5 rings (SSSR count). The second-order valence-electron chi connectivity index (χ2n) is 8.26. The van der Waals surface area contributed by atoms with Crippen molar-refractivity contribution < 1.29 is 4.79 Å². The van der Waals surface area contributed by atoms with E-state index in [4.69, 9.17) is 0 Å². The fourth-order valence-corrected chi connectivity index (χ4v) is 6.07. The van der Waals surface area contributed by atoms with Gasteiger partial charge in [0.2, 0.25) is 5.91 Å². The fraction of sp³-hybridized carbons (Fsp3) is 0.944. The van der Waals surface area contributed by atoms with Crippen molar-refractivity contribution in [3.63, 3.8) is 0 Å². The molecule has 4 bridgehead atoms. The minimum absolute atomic E-state index is 0.130. The maximum atomic E-state index is 12.8. The first-order valence-electron chi connectivity index (χ1n) is 9.43. The number of carbonyl (C=O) groups excluding carboxylic acids is 1. The summed E-state index contributed by atoms with van der Waals surface area (Å²) in [4.78, 5) is 15.2. The van der Waals surface area contributed by atoms with Crippen molar-refractivity contribution in [2.24, 2.45) is 23.7 Å². The van der Waals surface area contributed by atoms with Crippen LogP contribution in [0.4, 0.5) is 0 Å². The maximum Gasteiger partial charge on any atom is 0.237 e. The Kier molecular flexibility index (Phi) is 4.16. The van der Waals surface area contributed by atoms with Gasteiger partial charge in [0, 0.05) is 19.1 Å². The fourth-order valence-electron chi connectivity index (χ4n) is 6.07. The lowest BCUT2D eigenvalue weighted by Crippen LogP contribution is -2.58. The van der Waals surface area contributed by atoms with Gasteiger partial charge in [0.05, 0.1) is 6.04 Å². The predicted molar refractivity (Wildman–Crippen MR) is 87.5 cm³/mol. The number of nitrogens with zero attached hydrogens (tertiary/aromatic N) is 1. The van der Waals surface area contributed by atoms with E-state index in [9.17, 15) is 4.79 Å². The van der Waals surface area contributed by atoms with Crippen LogP contribution in [0.5, 0.6) is 0 Å². The molecule has 5 aliphatic rings. The minimum Gasteiger partial charge on any atom is -0.351 e. The van der Waals surface area contributed by atoms with Gasteiger partial charge in [0.15, 0.2) is 0 Å². The summed E-state index contributed by atoms with van der Waals surface area (Å²) in [6, 6.07) is 0.623. The molecule has 1 aliphatic heterocycles. The van der Waals surface area contributed by atoms with E-state index in [1.165, 1.54) is 38.5 Å². The van der Waals surface area contributed by atoms with E-state index >= 15 is 0 Å². The first-order valence-corrected chi connectivity index (χ1v) is 9.43. The molecule has 1 saturated heterocycles. The molecule has 0 aromatic heterocycles. The van der Waals surface area contributed by atoms with Gasteiger partial charge in [-0.3, -0.25) is 9.69 Å². The average molecular weight is 305 g/mol. The monoisotopic (exact) mass is 305 g/mol. The number of likely N-dealkylation sites (N-methyl/N-ethyl adjacent to an activating group) is 1. The van der Waals surface area contributed by atoms with Crippen LogP contribution in [0.3, 0.4) is 0 Å². The number of rotatable bonds is 5. The molecule has 5 fully saturated rings. The lowest BCUT2D eigenvalue weighted by Gasteiger charge is -2.54. The van der Waals surface area contributed by atoms with Crippen LogP contribution in [-0.4, -0.2) is 49.6 Å². The third-order valence-corrected chi connectivity index (χ3v) is 6.85. The zero-order valence-electron chi connectivity index (χ0n) is 13.9. The lowest BCUT2D eigenvalue weighted by atomic mass is 9.54. The summed E-state index contributed by atoms with van der Waals surface area (Å²) in [6.07, 6.45) is 9.22. The first kappa shape index (κ1) is 14.9. The second kappa shape index (κ2) is 6.12. The van der Waals surface area contributed by atoms with E-state index < -0.39 is 0 Å². The quantitative estimate of drug-likeness (QED) is 0.811. The summed E-state index contributed by atoms with van der Waals surface area (Å²) in [6.45, 7) is 3.06. The zero-order chi connectivity index (χ0) is 15.1. The topological polar surface area (TPSA) is 44.4 Å². The molecule has 1 heterocycles. The second-order valence-corrected chi connectivity index (χ2v) is 8.26. The Balaban J connectivity index is 1.37. The van der Waals surface area contributed by atoms with E-state index in [-0.39, 0.29) is 6.04 Å². The largest absolute Gasteiger partial charge is 0.351 e. The first-order chi connectivity index (χ1) is 10.7. The van der Waals surface area contributed by atoms with Crippen LogP contribution in [0.2, 0.25) is 0 Å².